The maximum Gasteiger partial charge on any atom is 0.387 e. The zero-order valence-electron chi connectivity index (χ0n) is 13.8. The van der Waals surface area contributed by atoms with Crippen LogP contribution in [0.15, 0.2) is 47.0 Å². The van der Waals surface area contributed by atoms with Crippen LogP contribution in [0.5, 0.6) is 5.75 Å². The van der Waals surface area contributed by atoms with Gasteiger partial charge < -0.3 is 14.6 Å². The number of carbonyl (C=O) groups is 1. The average Bonchev–Trinajstić information content (AvgIpc) is 2.96. The number of nitrogens with one attached hydrogen (secondary N) is 1. The molecule has 0 saturated carbocycles. The summed E-state index contributed by atoms with van der Waals surface area (Å²) >= 11 is 6.04. The first kappa shape index (κ1) is 18.8. The van der Waals surface area contributed by atoms with Gasteiger partial charge in [0, 0.05) is 11.8 Å². The Bertz CT molecular complexity index is 971. The summed E-state index contributed by atoms with van der Waals surface area (Å²) in [5.74, 6) is -1.32. The Balaban J connectivity index is 1.94. The molecule has 0 unspecified atom stereocenters. The van der Waals surface area contributed by atoms with E-state index in [-0.39, 0.29) is 39.0 Å². The van der Waals surface area contributed by atoms with Crippen LogP contribution in [-0.2, 0) is 0 Å². The van der Waals surface area contributed by atoms with Crippen LogP contribution < -0.4 is 10.1 Å². The third kappa shape index (κ3) is 4.06. The number of hydrogen-bond acceptors (Lipinski definition) is 4. The maximum absolute atomic E-state index is 14.2. The summed E-state index contributed by atoms with van der Waals surface area (Å²) in [6.07, 6.45) is 0. The van der Waals surface area contributed by atoms with Crippen molar-refractivity contribution in [1.29, 1.82) is 0 Å². The zero-order chi connectivity index (χ0) is 19.6. The van der Waals surface area contributed by atoms with Crippen LogP contribution in [0.25, 0.3) is 11.3 Å². The summed E-state index contributed by atoms with van der Waals surface area (Å²) < 4.78 is 48.2. The van der Waals surface area contributed by atoms with E-state index in [0.29, 0.717) is 0 Å². The largest absolute Gasteiger partial charge is 0.435 e. The first-order valence-corrected chi connectivity index (χ1v) is 8.01. The van der Waals surface area contributed by atoms with Crippen molar-refractivity contribution in [2.24, 2.45) is 0 Å². The normalized spacial score (nSPS) is 10.9. The molecule has 27 heavy (non-hydrogen) atoms. The standard InChI is InChI=1S/C18H12ClF3N2O3/c1-9-14(16(24-27-9)15-12(19)6-3-7-13(15)20)17(25)23-10-4-2-5-11(8-10)26-18(21)22/h2-8,18H,1H3,(H,23,25). The number of nitrogens with zero attached hydrogens (tertiary/aromatic N) is 1. The highest BCUT2D eigenvalue weighted by molar-refractivity contribution is 6.33. The number of ether oxygens (including phenoxy) is 1. The Kier molecular flexibility index (Phi) is 5.36. The summed E-state index contributed by atoms with van der Waals surface area (Å²) in [7, 11) is 0. The van der Waals surface area contributed by atoms with Crippen LogP contribution in [0.1, 0.15) is 16.1 Å². The topological polar surface area (TPSA) is 64.4 Å². The molecule has 0 saturated heterocycles. The Morgan fingerprint density at radius 3 is 2.70 bits per heavy atom. The second kappa shape index (κ2) is 7.71. The number of rotatable bonds is 5. The summed E-state index contributed by atoms with van der Waals surface area (Å²) in [6.45, 7) is -1.51. The van der Waals surface area contributed by atoms with Gasteiger partial charge in [-0.3, -0.25) is 4.79 Å². The predicted octanol–water partition coefficient (Wildman–Crippen LogP) is 5.30. The number of anilines is 1. The van der Waals surface area contributed by atoms with E-state index in [0.717, 1.165) is 0 Å². The summed E-state index contributed by atoms with van der Waals surface area (Å²) in [5, 5.41) is 6.32. The number of halogens is 4. The summed E-state index contributed by atoms with van der Waals surface area (Å²) in [5.41, 5.74) is 0.0375. The van der Waals surface area contributed by atoms with Crippen LogP contribution in [-0.4, -0.2) is 17.7 Å². The Hall–Kier alpha value is -3.00. The molecule has 3 aromatic rings. The summed E-state index contributed by atoms with van der Waals surface area (Å²) in [4.78, 5) is 12.7. The highest BCUT2D eigenvalue weighted by Crippen LogP contribution is 2.34. The molecule has 0 spiro atoms. The number of alkyl halides is 2. The molecule has 1 N–H and O–H groups in total. The van der Waals surface area contributed by atoms with Crippen LogP contribution in [0.3, 0.4) is 0 Å². The minimum atomic E-state index is -2.99. The third-order valence-corrected chi connectivity index (χ3v) is 3.92. The van der Waals surface area contributed by atoms with Gasteiger partial charge in [0.1, 0.15) is 28.6 Å². The fraction of sp³-hybridized carbons (Fsp3) is 0.111. The summed E-state index contributed by atoms with van der Waals surface area (Å²) in [6, 6.07) is 9.51. The third-order valence-electron chi connectivity index (χ3n) is 3.61. The van der Waals surface area contributed by atoms with E-state index in [1.54, 1.807) is 0 Å². The molecule has 0 aliphatic heterocycles. The molecule has 0 aliphatic carbocycles. The number of hydrogen-bond donors (Lipinski definition) is 1. The van der Waals surface area contributed by atoms with Crippen molar-refractivity contribution >= 4 is 23.2 Å². The van der Waals surface area contributed by atoms with Crippen LogP contribution in [0.4, 0.5) is 18.9 Å². The second-order valence-electron chi connectivity index (χ2n) is 5.42. The molecular formula is C18H12ClF3N2O3. The SMILES string of the molecule is Cc1onc(-c2c(F)cccc2Cl)c1C(=O)Nc1cccc(OC(F)F)c1. The number of aromatic nitrogens is 1. The number of aryl methyl sites for hydroxylation is 1. The first-order valence-electron chi connectivity index (χ1n) is 7.63. The number of amides is 1. The molecular weight excluding hydrogens is 385 g/mol. The predicted molar refractivity (Wildman–Crippen MR) is 92.7 cm³/mol. The molecule has 0 bridgehead atoms. The lowest BCUT2D eigenvalue weighted by molar-refractivity contribution is -0.0497. The minimum Gasteiger partial charge on any atom is -0.435 e. The molecule has 5 nitrogen and oxygen atoms in total. The van der Waals surface area contributed by atoms with Gasteiger partial charge in [0.15, 0.2) is 0 Å². The van der Waals surface area contributed by atoms with Crippen molar-refractivity contribution in [2.45, 2.75) is 13.5 Å². The Morgan fingerprint density at radius 2 is 2.00 bits per heavy atom. The zero-order valence-corrected chi connectivity index (χ0v) is 14.6. The number of carbonyl (C=O) groups excluding carboxylic acids is 1. The van der Waals surface area contributed by atoms with Gasteiger partial charge >= 0.3 is 6.61 Å². The fourth-order valence-corrected chi connectivity index (χ4v) is 2.73. The van der Waals surface area contributed by atoms with E-state index >= 15 is 0 Å². The molecule has 0 aliphatic rings. The smallest absolute Gasteiger partial charge is 0.387 e. The molecule has 3 rings (SSSR count). The Morgan fingerprint density at radius 1 is 1.26 bits per heavy atom. The highest BCUT2D eigenvalue weighted by atomic mass is 35.5. The molecule has 0 atom stereocenters. The molecule has 0 fully saturated rings. The van der Waals surface area contributed by atoms with Crippen molar-refractivity contribution in [3.63, 3.8) is 0 Å². The lowest BCUT2D eigenvalue weighted by Crippen LogP contribution is -2.14. The van der Waals surface area contributed by atoms with Gasteiger partial charge in [0.25, 0.3) is 5.91 Å². The molecule has 0 radical (unpaired) electrons. The van der Waals surface area contributed by atoms with E-state index in [1.165, 1.54) is 49.4 Å². The lowest BCUT2D eigenvalue weighted by Gasteiger charge is -2.09. The molecule has 1 aromatic heterocycles. The Labute approximate surface area is 156 Å². The highest BCUT2D eigenvalue weighted by Gasteiger charge is 2.25. The molecule has 140 valence electrons. The van der Waals surface area contributed by atoms with E-state index in [4.69, 9.17) is 16.1 Å². The van der Waals surface area contributed by atoms with Gasteiger partial charge in [-0.05, 0) is 31.2 Å². The lowest BCUT2D eigenvalue weighted by atomic mass is 10.0. The van der Waals surface area contributed by atoms with Crippen molar-refractivity contribution in [2.75, 3.05) is 5.32 Å². The monoisotopic (exact) mass is 396 g/mol. The average molecular weight is 397 g/mol. The van der Waals surface area contributed by atoms with Crippen LogP contribution in [0.2, 0.25) is 5.02 Å². The quantitative estimate of drug-likeness (QED) is 0.636. The fourth-order valence-electron chi connectivity index (χ4n) is 2.48. The van der Waals surface area contributed by atoms with E-state index < -0.39 is 18.3 Å². The maximum atomic E-state index is 14.2. The second-order valence-corrected chi connectivity index (χ2v) is 5.83. The van der Waals surface area contributed by atoms with Gasteiger partial charge in [-0.1, -0.05) is 28.9 Å². The van der Waals surface area contributed by atoms with Crippen molar-refractivity contribution in [3.8, 4) is 17.0 Å². The molecule has 2 aromatic carbocycles. The van der Waals surface area contributed by atoms with Gasteiger partial charge in [-0.15, -0.1) is 0 Å². The van der Waals surface area contributed by atoms with Crippen LogP contribution in [0, 0.1) is 12.7 Å². The first-order chi connectivity index (χ1) is 12.9. The number of benzene rings is 2. The van der Waals surface area contributed by atoms with E-state index in [2.05, 4.69) is 15.2 Å². The molecule has 1 heterocycles. The van der Waals surface area contributed by atoms with Crippen LogP contribution >= 0.6 is 11.6 Å². The van der Waals surface area contributed by atoms with Gasteiger partial charge in [0.2, 0.25) is 0 Å². The van der Waals surface area contributed by atoms with Gasteiger partial charge in [0.05, 0.1) is 10.6 Å². The van der Waals surface area contributed by atoms with Crippen molar-refractivity contribution < 1.29 is 27.2 Å². The van der Waals surface area contributed by atoms with E-state index in [1.807, 2.05) is 0 Å². The van der Waals surface area contributed by atoms with E-state index in [9.17, 15) is 18.0 Å². The van der Waals surface area contributed by atoms with Gasteiger partial charge in [-0.2, -0.15) is 8.78 Å². The van der Waals surface area contributed by atoms with Crippen molar-refractivity contribution in [3.05, 3.63) is 64.6 Å². The minimum absolute atomic E-state index is 0.0258. The van der Waals surface area contributed by atoms with Gasteiger partial charge in [-0.25, -0.2) is 4.39 Å². The molecule has 1 amide bonds. The molecule has 9 heteroatoms. The van der Waals surface area contributed by atoms with Crippen molar-refractivity contribution in [1.82, 2.24) is 5.16 Å².